The maximum Gasteiger partial charge on any atom is 0.238 e. The summed E-state index contributed by atoms with van der Waals surface area (Å²) in [6.45, 7) is 1.35. The number of ketones is 1. The molecule has 0 unspecified atom stereocenters. The number of hydrogen-bond donors (Lipinski definition) is 2. The van der Waals surface area contributed by atoms with Crippen LogP contribution >= 0.6 is 23.2 Å². The average molecular weight is 452 g/mol. The summed E-state index contributed by atoms with van der Waals surface area (Å²) in [5.74, 6) is -0.0331. The van der Waals surface area contributed by atoms with E-state index in [1.165, 1.54) is 24.0 Å². The van der Waals surface area contributed by atoms with Crippen molar-refractivity contribution in [3.8, 4) is 11.5 Å². The Kier molecular flexibility index (Phi) is 6.81. The first-order valence-corrected chi connectivity index (χ1v) is 9.66. The summed E-state index contributed by atoms with van der Waals surface area (Å²) in [5.41, 5.74) is 1.14. The summed E-state index contributed by atoms with van der Waals surface area (Å²) >= 11 is 11.8. The minimum atomic E-state index is -0.388. The van der Waals surface area contributed by atoms with Crippen LogP contribution in [-0.2, 0) is 9.59 Å². The largest absolute Gasteiger partial charge is 0.454 e. The molecular formula is C20H19Cl2N3O5. The van der Waals surface area contributed by atoms with Gasteiger partial charge in [-0.15, -0.1) is 0 Å². The van der Waals surface area contributed by atoms with Crippen LogP contribution in [0.25, 0.3) is 0 Å². The predicted octanol–water partition coefficient (Wildman–Crippen LogP) is 3.43. The van der Waals surface area contributed by atoms with Gasteiger partial charge >= 0.3 is 0 Å². The van der Waals surface area contributed by atoms with E-state index >= 15 is 0 Å². The Morgan fingerprint density at radius 3 is 2.23 bits per heavy atom. The number of amides is 2. The molecular weight excluding hydrogens is 433 g/mol. The second-order valence-corrected chi connectivity index (χ2v) is 7.52. The number of carbonyl (C=O) groups excluding carboxylic acids is 3. The van der Waals surface area contributed by atoms with Gasteiger partial charge in [0.1, 0.15) is 0 Å². The molecule has 0 radical (unpaired) electrons. The SMILES string of the molecule is CC(=O)c1cc2c(cc1NC(=O)CN(C)CC(=O)Nc1ccc(Cl)c(Cl)c1)OCO2. The zero-order valence-corrected chi connectivity index (χ0v) is 17.8. The Morgan fingerprint density at radius 1 is 0.967 bits per heavy atom. The number of likely N-dealkylation sites (N-methyl/N-ethyl adjacent to an activating group) is 1. The highest BCUT2D eigenvalue weighted by Gasteiger charge is 2.21. The first-order valence-electron chi connectivity index (χ1n) is 8.91. The van der Waals surface area contributed by atoms with Crippen LogP contribution in [0.4, 0.5) is 11.4 Å². The van der Waals surface area contributed by atoms with Crippen LogP contribution in [0.2, 0.25) is 10.0 Å². The summed E-state index contributed by atoms with van der Waals surface area (Å²) in [6.07, 6.45) is 0. The average Bonchev–Trinajstić information content (AvgIpc) is 3.11. The summed E-state index contributed by atoms with van der Waals surface area (Å²) in [7, 11) is 1.62. The maximum atomic E-state index is 12.4. The summed E-state index contributed by atoms with van der Waals surface area (Å²) < 4.78 is 10.6. The van der Waals surface area contributed by atoms with Gasteiger partial charge < -0.3 is 20.1 Å². The molecule has 10 heteroatoms. The van der Waals surface area contributed by atoms with Crippen molar-refractivity contribution >= 4 is 52.2 Å². The second kappa shape index (κ2) is 9.34. The number of rotatable bonds is 7. The summed E-state index contributed by atoms with van der Waals surface area (Å²) in [5, 5.41) is 6.09. The number of carbonyl (C=O) groups is 3. The molecule has 0 saturated carbocycles. The van der Waals surface area contributed by atoms with Crippen molar-refractivity contribution in [2.45, 2.75) is 6.92 Å². The number of nitrogens with zero attached hydrogens (tertiary/aromatic N) is 1. The predicted molar refractivity (Wildman–Crippen MR) is 114 cm³/mol. The lowest BCUT2D eigenvalue weighted by atomic mass is 10.1. The van der Waals surface area contributed by atoms with E-state index in [9.17, 15) is 14.4 Å². The van der Waals surface area contributed by atoms with E-state index in [0.717, 1.165) is 0 Å². The molecule has 3 rings (SSSR count). The van der Waals surface area contributed by atoms with Gasteiger partial charge in [0.15, 0.2) is 17.3 Å². The van der Waals surface area contributed by atoms with E-state index in [2.05, 4.69) is 10.6 Å². The highest BCUT2D eigenvalue weighted by molar-refractivity contribution is 6.42. The second-order valence-electron chi connectivity index (χ2n) is 6.70. The summed E-state index contributed by atoms with van der Waals surface area (Å²) in [4.78, 5) is 38.0. The maximum absolute atomic E-state index is 12.4. The zero-order valence-electron chi connectivity index (χ0n) is 16.3. The number of Topliss-reactive ketones (excluding diaryl/α,β-unsaturated/α-hetero) is 1. The number of benzene rings is 2. The van der Waals surface area contributed by atoms with Crippen LogP contribution in [0.15, 0.2) is 30.3 Å². The van der Waals surface area contributed by atoms with Gasteiger partial charge in [0.25, 0.3) is 0 Å². The van der Waals surface area contributed by atoms with Gasteiger partial charge in [0, 0.05) is 17.3 Å². The standard InChI is InChI=1S/C20H19Cl2N3O5/c1-11(26)13-6-17-18(30-10-29-17)7-16(13)24-20(28)9-25(2)8-19(27)23-12-3-4-14(21)15(22)5-12/h3-7H,8-10H2,1-2H3,(H,23,27)(H,24,28). The molecule has 0 saturated heterocycles. The molecule has 30 heavy (non-hydrogen) atoms. The molecule has 8 nitrogen and oxygen atoms in total. The van der Waals surface area contributed by atoms with Gasteiger partial charge in [-0.05, 0) is 38.2 Å². The molecule has 1 heterocycles. The van der Waals surface area contributed by atoms with Gasteiger partial charge in [0.05, 0.1) is 28.8 Å². The molecule has 158 valence electrons. The Morgan fingerprint density at radius 2 is 1.60 bits per heavy atom. The summed E-state index contributed by atoms with van der Waals surface area (Å²) in [6, 6.07) is 7.83. The van der Waals surface area contributed by atoms with Crippen molar-refractivity contribution in [1.82, 2.24) is 4.90 Å². The van der Waals surface area contributed by atoms with Gasteiger partial charge in [-0.1, -0.05) is 23.2 Å². The Labute approximate surface area is 183 Å². The van der Waals surface area contributed by atoms with Crippen molar-refractivity contribution in [1.29, 1.82) is 0 Å². The molecule has 0 fully saturated rings. The third kappa shape index (κ3) is 5.41. The van der Waals surface area contributed by atoms with E-state index in [4.69, 9.17) is 32.7 Å². The molecule has 2 aromatic carbocycles. The zero-order chi connectivity index (χ0) is 21.8. The van der Waals surface area contributed by atoms with Crippen molar-refractivity contribution in [3.63, 3.8) is 0 Å². The molecule has 2 amide bonds. The molecule has 0 atom stereocenters. The fourth-order valence-corrected chi connectivity index (χ4v) is 3.15. The van der Waals surface area contributed by atoms with E-state index in [-0.39, 0.29) is 37.5 Å². The minimum Gasteiger partial charge on any atom is -0.454 e. The van der Waals surface area contributed by atoms with Gasteiger partial charge in [-0.3, -0.25) is 19.3 Å². The molecule has 1 aliphatic heterocycles. The molecule has 0 bridgehead atoms. The monoisotopic (exact) mass is 451 g/mol. The number of ether oxygens (including phenoxy) is 2. The van der Waals surface area contributed by atoms with Gasteiger partial charge in [-0.2, -0.15) is 0 Å². The van der Waals surface area contributed by atoms with Crippen LogP contribution in [0.3, 0.4) is 0 Å². The number of hydrogen-bond acceptors (Lipinski definition) is 6. The van der Waals surface area contributed by atoms with Crippen LogP contribution in [0.1, 0.15) is 17.3 Å². The topological polar surface area (TPSA) is 97.0 Å². The molecule has 0 aliphatic carbocycles. The van der Waals surface area contributed by atoms with E-state index in [0.29, 0.717) is 38.5 Å². The molecule has 0 spiro atoms. The third-order valence-corrected chi connectivity index (χ3v) is 4.94. The van der Waals surface area contributed by atoms with E-state index in [1.807, 2.05) is 0 Å². The highest BCUT2D eigenvalue weighted by Crippen LogP contribution is 2.37. The molecule has 2 aromatic rings. The first-order chi connectivity index (χ1) is 14.2. The van der Waals surface area contributed by atoms with Crippen molar-refractivity contribution in [2.75, 3.05) is 37.6 Å². The molecule has 1 aliphatic rings. The van der Waals surface area contributed by atoms with Crippen molar-refractivity contribution in [3.05, 3.63) is 45.9 Å². The van der Waals surface area contributed by atoms with Crippen LogP contribution < -0.4 is 20.1 Å². The van der Waals surface area contributed by atoms with E-state index in [1.54, 1.807) is 25.2 Å². The number of fused-ring (bicyclic) bond motifs is 1. The lowest BCUT2D eigenvalue weighted by Gasteiger charge is -2.17. The Bertz CT molecular complexity index is 1010. The fraction of sp³-hybridized carbons (Fsp3) is 0.250. The third-order valence-electron chi connectivity index (χ3n) is 4.20. The van der Waals surface area contributed by atoms with Gasteiger partial charge in [0.2, 0.25) is 18.6 Å². The lowest BCUT2D eigenvalue weighted by molar-refractivity contribution is -0.119. The van der Waals surface area contributed by atoms with E-state index < -0.39 is 0 Å². The van der Waals surface area contributed by atoms with Crippen LogP contribution in [-0.4, -0.2) is 49.4 Å². The lowest BCUT2D eigenvalue weighted by Crippen LogP contribution is -2.36. The van der Waals surface area contributed by atoms with Crippen molar-refractivity contribution < 1.29 is 23.9 Å². The highest BCUT2D eigenvalue weighted by atomic mass is 35.5. The number of halogens is 2. The Hall–Kier alpha value is -2.81. The minimum absolute atomic E-state index is 0.0334. The number of anilines is 2. The number of nitrogens with one attached hydrogen (secondary N) is 2. The van der Waals surface area contributed by atoms with Gasteiger partial charge in [-0.25, -0.2) is 0 Å². The van der Waals surface area contributed by atoms with Crippen molar-refractivity contribution in [2.24, 2.45) is 0 Å². The molecule has 0 aromatic heterocycles. The Balaban J connectivity index is 1.57. The quantitative estimate of drug-likeness (QED) is 0.625. The normalized spacial score (nSPS) is 12.0. The first kappa shape index (κ1) is 21.9. The fourth-order valence-electron chi connectivity index (χ4n) is 2.85. The molecule has 2 N–H and O–H groups in total. The van der Waals surface area contributed by atoms with Crippen LogP contribution in [0, 0.1) is 0 Å². The smallest absolute Gasteiger partial charge is 0.238 e. The van der Waals surface area contributed by atoms with Crippen LogP contribution in [0.5, 0.6) is 11.5 Å².